The number of aryl methyl sites for hydroxylation is 1. The van der Waals surface area contributed by atoms with Gasteiger partial charge < -0.3 is 5.21 Å². The van der Waals surface area contributed by atoms with Crippen molar-refractivity contribution in [2.45, 2.75) is 13.8 Å². The molecule has 0 saturated carbocycles. The maximum absolute atomic E-state index is 8.53. The average molecular weight is 184 g/mol. The summed E-state index contributed by atoms with van der Waals surface area (Å²) in [4.78, 5) is 0. The summed E-state index contributed by atoms with van der Waals surface area (Å²) in [6.07, 6.45) is 0. The lowest BCUT2D eigenvalue weighted by molar-refractivity contribution is 0.319. The molecule has 12 heavy (non-hydrogen) atoms. The Labute approximate surface area is 76.5 Å². The molecule has 1 aromatic carbocycles. The summed E-state index contributed by atoms with van der Waals surface area (Å²) in [5.41, 5.74) is 2.40. The van der Waals surface area contributed by atoms with E-state index in [1.54, 1.807) is 13.0 Å². The zero-order valence-electron chi connectivity index (χ0n) is 7.00. The smallest absolute Gasteiger partial charge is 0.0851 e. The van der Waals surface area contributed by atoms with Crippen LogP contribution < -0.4 is 0 Å². The van der Waals surface area contributed by atoms with E-state index >= 15 is 0 Å². The predicted molar refractivity (Wildman–Crippen MR) is 50.2 cm³/mol. The predicted octanol–water partition coefficient (Wildman–Crippen LogP) is 2.85. The van der Waals surface area contributed by atoms with E-state index < -0.39 is 0 Å². The molecule has 64 valence electrons. The molecule has 0 aliphatic rings. The van der Waals surface area contributed by atoms with Crippen LogP contribution in [0.3, 0.4) is 0 Å². The van der Waals surface area contributed by atoms with Gasteiger partial charge in [0, 0.05) is 10.6 Å². The van der Waals surface area contributed by atoms with E-state index in [1.165, 1.54) is 0 Å². The molecule has 0 saturated heterocycles. The summed E-state index contributed by atoms with van der Waals surface area (Å²) in [5.74, 6) is 0. The normalized spacial score (nSPS) is 11.8. The molecule has 0 aliphatic carbocycles. The van der Waals surface area contributed by atoms with Gasteiger partial charge in [0.15, 0.2) is 0 Å². The molecule has 0 aromatic heterocycles. The fourth-order valence-electron chi connectivity index (χ4n) is 0.970. The van der Waals surface area contributed by atoms with Crippen LogP contribution in [0.25, 0.3) is 0 Å². The number of hydrogen-bond acceptors (Lipinski definition) is 2. The first-order valence-corrected chi connectivity index (χ1v) is 3.98. The lowest BCUT2D eigenvalue weighted by Gasteiger charge is -2.02. The minimum atomic E-state index is 0.531. The van der Waals surface area contributed by atoms with E-state index in [-0.39, 0.29) is 0 Å². The fourth-order valence-corrected chi connectivity index (χ4v) is 1.22. The number of halogens is 1. The van der Waals surface area contributed by atoms with Crippen LogP contribution in [0.2, 0.25) is 5.02 Å². The third-order valence-corrected chi connectivity index (χ3v) is 1.99. The number of hydrogen-bond donors (Lipinski definition) is 1. The van der Waals surface area contributed by atoms with E-state index in [1.807, 2.05) is 19.1 Å². The summed E-state index contributed by atoms with van der Waals surface area (Å²) in [6, 6.07) is 5.59. The van der Waals surface area contributed by atoms with Gasteiger partial charge in [-0.15, -0.1) is 0 Å². The molecule has 0 fully saturated rings. The second-order valence-electron chi connectivity index (χ2n) is 2.67. The second kappa shape index (κ2) is 3.59. The number of rotatable bonds is 1. The Hall–Kier alpha value is -1.02. The van der Waals surface area contributed by atoms with Gasteiger partial charge >= 0.3 is 0 Å². The Kier molecular flexibility index (Phi) is 2.71. The van der Waals surface area contributed by atoms with E-state index in [4.69, 9.17) is 16.8 Å². The highest BCUT2D eigenvalue weighted by Crippen LogP contribution is 2.17. The first kappa shape index (κ1) is 9.07. The third-order valence-electron chi connectivity index (χ3n) is 1.66. The number of oxime groups is 1. The molecule has 0 atom stereocenters. The summed E-state index contributed by atoms with van der Waals surface area (Å²) in [7, 11) is 0. The van der Waals surface area contributed by atoms with Gasteiger partial charge in [-0.3, -0.25) is 0 Å². The van der Waals surface area contributed by atoms with Crippen molar-refractivity contribution in [2.24, 2.45) is 5.16 Å². The third kappa shape index (κ3) is 1.77. The molecule has 2 nitrogen and oxygen atoms in total. The molecule has 0 heterocycles. The molecule has 3 heteroatoms. The molecule has 0 radical (unpaired) electrons. The molecular weight excluding hydrogens is 174 g/mol. The lowest BCUT2D eigenvalue weighted by atomic mass is 10.1. The van der Waals surface area contributed by atoms with Crippen molar-refractivity contribution in [3.63, 3.8) is 0 Å². The van der Waals surface area contributed by atoms with Crippen molar-refractivity contribution >= 4 is 17.3 Å². The monoisotopic (exact) mass is 183 g/mol. The SMILES string of the molecule is CC(=NO)c1cc(C)ccc1Cl. The van der Waals surface area contributed by atoms with Crippen molar-refractivity contribution in [3.8, 4) is 0 Å². The minimum Gasteiger partial charge on any atom is -0.411 e. The van der Waals surface area contributed by atoms with Crippen molar-refractivity contribution in [1.82, 2.24) is 0 Å². The molecule has 0 spiro atoms. The van der Waals surface area contributed by atoms with Gasteiger partial charge in [-0.25, -0.2) is 0 Å². The van der Waals surface area contributed by atoms with Crippen LogP contribution in [-0.4, -0.2) is 10.9 Å². The van der Waals surface area contributed by atoms with Gasteiger partial charge in [0.1, 0.15) is 0 Å². The Balaban J connectivity index is 3.23. The van der Waals surface area contributed by atoms with E-state index in [0.29, 0.717) is 10.7 Å². The van der Waals surface area contributed by atoms with Crippen LogP contribution in [0, 0.1) is 6.92 Å². The Bertz CT molecular complexity index is 320. The van der Waals surface area contributed by atoms with Crippen LogP contribution in [-0.2, 0) is 0 Å². The summed E-state index contributed by atoms with van der Waals surface area (Å²) >= 11 is 5.88. The van der Waals surface area contributed by atoms with Gasteiger partial charge in [-0.2, -0.15) is 0 Å². The minimum absolute atomic E-state index is 0.531. The topological polar surface area (TPSA) is 32.6 Å². The van der Waals surface area contributed by atoms with Gasteiger partial charge in [-0.05, 0) is 26.0 Å². The summed E-state index contributed by atoms with van der Waals surface area (Å²) < 4.78 is 0. The lowest BCUT2D eigenvalue weighted by Crippen LogP contribution is -1.95. The van der Waals surface area contributed by atoms with Crippen LogP contribution in [0.5, 0.6) is 0 Å². The highest BCUT2D eigenvalue weighted by Gasteiger charge is 2.03. The van der Waals surface area contributed by atoms with Gasteiger partial charge in [0.25, 0.3) is 0 Å². The van der Waals surface area contributed by atoms with E-state index in [2.05, 4.69) is 5.16 Å². The molecule has 0 amide bonds. The fraction of sp³-hybridized carbons (Fsp3) is 0.222. The van der Waals surface area contributed by atoms with Crippen molar-refractivity contribution < 1.29 is 5.21 Å². The van der Waals surface area contributed by atoms with Crippen molar-refractivity contribution in [3.05, 3.63) is 34.3 Å². The van der Waals surface area contributed by atoms with Gasteiger partial charge in [0.2, 0.25) is 0 Å². The standard InChI is InChI=1S/C9H10ClNO/c1-6-3-4-9(10)8(5-6)7(2)11-12/h3-5,12H,1-2H3. The summed E-state index contributed by atoms with van der Waals surface area (Å²) in [6.45, 7) is 3.67. The first-order chi connectivity index (χ1) is 5.65. The largest absolute Gasteiger partial charge is 0.411 e. The molecular formula is C9H10ClNO. The molecule has 1 rings (SSSR count). The zero-order chi connectivity index (χ0) is 9.14. The first-order valence-electron chi connectivity index (χ1n) is 3.60. The van der Waals surface area contributed by atoms with Gasteiger partial charge in [-0.1, -0.05) is 28.4 Å². The maximum Gasteiger partial charge on any atom is 0.0851 e. The van der Waals surface area contributed by atoms with E-state index in [9.17, 15) is 0 Å². The highest BCUT2D eigenvalue weighted by molar-refractivity contribution is 6.34. The van der Waals surface area contributed by atoms with Crippen molar-refractivity contribution in [2.75, 3.05) is 0 Å². The van der Waals surface area contributed by atoms with Crippen molar-refractivity contribution in [1.29, 1.82) is 0 Å². The average Bonchev–Trinajstić information content (AvgIpc) is 2.08. The molecule has 1 aromatic rings. The summed E-state index contributed by atoms with van der Waals surface area (Å²) in [5, 5.41) is 12.2. The maximum atomic E-state index is 8.53. The quantitative estimate of drug-likeness (QED) is 0.405. The Morgan fingerprint density at radius 1 is 1.50 bits per heavy atom. The highest BCUT2D eigenvalue weighted by atomic mass is 35.5. The Morgan fingerprint density at radius 2 is 2.17 bits per heavy atom. The van der Waals surface area contributed by atoms with Crippen LogP contribution >= 0.6 is 11.6 Å². The Morgan fingerprint density at radius 3 is 2.75 bits per heavy atom. The molecule has 0 bridgehead atoms. The van der Waals surface area contributed by atoms with E-state index in [0.717, 1.165) is 11.1 Å². The number of nitrogens with zero attached hydrogens (tertiary/aromatic N) is 1. The van der Waals surface area contributed by atoms with Crippen LogP contribution in [0.4, 0.5) is 0 Å². The zero-order valence-corrected chi connectivity index (χ0v) is 7.76. The molecule has 0 unspecified atom stereocenters. The number of benzene rings is 1. The van der Waals surface area contributed by atoms with Crippen LogP contribution in [0.15, 0.2) is 23.4 Å². The molecule has 0 aliphatic heterocycles. The van der Waals surface area contributed by atoms with Crippen LogP contribution in [0.1, 0.15) is 18.1 Å². The second-order valence-corrected chi connectivity index (χ2v) is 3.08. The van der Waals surface area contributed by atoms with Gasteiger partial charge in [0.05, 0.1) is 5.71 Å². The molecule has 1 N–H and O–H groups in total.